The Morgan fingerprint density at radius 2 is 1.92 bits per heavy atom. The van der Waals surface area contributed by atoms with E-state index in [9.17, 15) is 9.90 Å². The van der Waals surface area contributed by atoms with Gasteiger partial charge in [0.25, 0.3) is 0 Å². The summed E-state index contributed by atoms with van der Waals surface area (Å²) < 4.78 is 4.59. The van der Waals surface area contributed by atoms with Gasteiger partial charge in [-0.2, -0.15) is 0 Å². The zero-order valence-electron chi connectivity index (χ0n) is 15.7. The number of esters is 1. The van der Waals surface area contributed by atoms with Gasteiger partial charge in [0.15, 0.2) is 0 Å². The molecule has 0 saturated heterocycles. The van der Waals surface area contributed by atoms with E-state index in [1.165, 1.54) is 18.8 Å². The van der Waals surface area contributed by atoms with Crippen molar-refractivity contribution in [3.63, 3.8) is 0 Å². The molecule has 1 atom stereocenters. The van der Waals surface area contributed by atoms with Gasteiger partial charge in [-0.15, -0.1) is 0 Å². The molecule has 132 valence electrons. The Labute approximate surface area is 146 Å². The average Bonchev–Trinajstić information content (AvgIpc) is 2.51. The van der Waals surface area contributed by atoms with Gasteiger partial charge in [0.2, 0.25) is 0 Å². The standard InChI is InChI=1S/C21H30O3/c1-15(8-7-9-16(2)14-20(23)24-6)10-11-18-17(3)19(22)12-13-21(18,4)5/h7-11,14,19,22H,12-13H2,1-6H3/t19-/m0/s1. The summed E-state index contributed by atoms with van der Waals surface area (Å²) in [5, 5.41) is 10.1. The van der Waals surface area contributed by atoms with Crippen LogP contribution in [-0.4, -0.2) is 24.3 Å². The van der Waals surface area contributed by atoms with E-state index in [1.54, 1.807) is 0 Å². The van der Waals surface area contributed by atoms with Crippen molar-refractivity contribution in [3.8, 4) is 0 Å². The van der Waals surface area contributed by atoms with Crippen LogP contribution >= 0.6 is 0 Å². The Kier molecular flexibility index (Phi) is 7.43. The monoisotopic (exact) mass is 330 g/mol. The van der Waals surface area contributed by atoms with Gasteiger partial charge < -0.3 is 9.84 Å². The normalized spacial score (nSPS) is 22.5. The number of aliphatic hydroxyl groups is 1. The van der Waals surface area contributed by atoms with Crippen LogP contribution in [0.2, 0.25) is 0 Å². The molecule has 3 heteroatoms. The maximum absolute atomic E-state index is 11.1. The molecular weight excluding hydrogens is 300 g/mol. The minimum Gasteiger partial charge on any atom is -0.466 e. The second-order valence-electron chi connectivity index (χ2n) is 7.05. The molecule has 0 bridgehead atoms. The largest absolute Gasteiger partial charge is 0.466 e. The number of hydrogen-bond acceptors (Lipinski definition) is 3. The molecule has 0 radical (unpaired) electrons. The van der Waals surface area contributed by atoms with Crippen LogP contribution in [0.25, 0.3) is 0 Å². The van der Waals surface area contributed by atoms with E-state index in [1.807, 2.05) is 39.0 Å². The molecule has 0 unspecified atom stereocenters. The van der Waals surface area contributed by atoms with Crippen molar-refractivity contribution in [2.75, 3.05) is 7.11 Å². The second kappa shape index (κ2) is 8.84. The SMILES string of the molecule is COC(=O)C=C(C)C=CC=C(C)C=CC1=C(C)[C@@H](O)CCC1(C)C. The first-order chi connectivity index (χ1) is 11.2. The summed E-state index contributed by atoms with van der Waals surface area (Å²) in [6.45, 7) is 10.4. The Bertz CT molecular complexity index is 613. The van der Waals surface area contributed by atoms with E-state index in [4.69, 9.17) is 0 Å². The Morgan fingerprint density at radius 3 is 2.54 bits per heavy atom. The number of hydrogen-bond donors (Lipinski definition) is 1. The van der Waals surface area contributed by atoms with Crippen molar-refractivity contribution >= 4 is 5.97 Å². The quantitative estimate of drug-likeness (QED) is 0.453. The molecule has 0 heterocycles. The molecular formula is C21H30O3. The Hall–Kier alpha value is -1.87. The summed E-state index contributed by atoms with van der Waals surface area (Å²) in [4.78, 5) is 11.1. The highest BCUT2D eigenvalue weighted by molar-refractivity contribution is 5.83. The first-order valence-electron chi connectivity index (χ1n) is 8.36. The number of rotatable bonds is 5. The van der Waals surface area contributed by atoms with E-state index in [0.29, 0.717) is 0 Å². The number of ether oxygens (including phenoxy) is 1. The summed E-state index contributed by atoms with van der Waals surface area (Å²) in [7, 11) is 1.37. The van der Waals surface area contributed by atoms with Gasteiger partial charge in [0.1, 0.15) is 0 Å². The van der Waals surface area contributed by atoms with E-state index >= 15 is 0 Å². The van der Waals surface area contributed by atoms with Gasteiger partial charge in [0, 0.05) is 6.08 Å². The summed E-state index contributed by atoms with van der Waals surface area (Å²) in [6, 6.07) is 0. The first-order valence-corrected chi connectivity index (χ1v) is 8.36. The van der Waals surface area contributed by atoms with Gasteiger partial charge in [-0.25, -0.2) is 4.79 Å². The highest BCUT2D eigenvalue weighted by Gasteiger charge is 2.30. The van der Waals surface area contributed by atoms with Gasteiger partial charge in [0.05, 0.1) is 13.2 Å². The molecule has 3 nitrogen and oxygen atoms in total. The lowest BCUT2D eigenvalue weighted by atomic mass is 9.71. The van der Waals surface area contributed by atoms with Gasteiger partial charge in [-0.05, 0) is 55.7 Å². The van der Waals surface area contributed by atoms with Gasteiger partial charge in [-0.1, -0.05) is 49.8 Å². The smallest absolute Gasteiger partial charge is 0.330 e. The van der Waals surface area contributed by atoms with Crippen LogP contribution in [0.15, 0.2) is 58.7 Å². The fraction of sp³-hybridized carbons (Fsp3) is 0.476. The molecule has 0 aromatic heterocycles. The highest BCUT2D eigenvalue weighted by Crippen LogP contribution is 2.40. The van der Waals surface area contributed by atoms with Crippen molar-refractivity contribution in [2.24, 2.45) is 5.41 Å². The number of aliphatic hydroxyl groups excluding tert-OH is 1. The molecule has 0 fully saturated rings. The van der Waals surface area contributed by atoms with Crippen LogP contribution in [0.3, 0.4) is 0 Å². The molecule has 0 aliphatic heterocycles. The minimum atomic E-state index is -0.349. The summed E-state index contributed by atoms with van der Waals surface area (Å²) >= 11 is 0. The molecule has 24 heavy (non-hydrogen) atoms. The minimum absolute atomic E-state index is 0.0930. The second-order valence-corrected chi connectivity index (χ2v) is 7.05. The molecule has 0 aromatic carbocycles. The molecule has 0 spiro atoms. The summed E-state index contributed by atoms with van der Waals surface area (Å²) in [6.07, 6.45) is 12.9. The lowest BCUT2D eigenvalue weighted by Crippen LogP contribution is -2.27. The lowest BCUT2D eigenvalue weighted by Gasteiger charge is -2.35. The number of allylic oxidation sites excluding steroid dienone is 8. The fourth-order valence-electron chi connectivity index (χ4n) is 2.83. The zero-order chi connectivity index (χ0) is 18.3. The van der Waals surface area contributed by atoms with Crippen molar-refractivity contribution in [1.29, 1.82) is 0 Å². The summed E-state index contributed by atoms with van der Waals surface area (Å²) in [5.41, 5.74) is 4.33. The number of methoxy groups -OCH3 is 1. The van der Waals surface area contributed by atoms with Crippen molar-refractivity contribution in [3.05, 3.63) is 58.7 Å². The fourth-order valence-corrected chi connectivity index (χ4v) is 2.83. The Morgan fingerprint density at radius 1 is 1.25 bits per heavy atom. The van der Waals surface area contributed by atoms with E-state index < -0.39 is 0 Å². The van der Waals surface area contributed by atoms with E-state index in [-0.39, 0.29) is 17.5 Å². The van der Waals surface area contributed by atoms with Crippen LogP contribution < -0.4 is 0 Å². The first kappa shape index (κ1) is 20.2. The lowest BCUT2D eigenvalue weighted by molar-refractivity contribution is -0.134. The van der Waals surface area contributed by atoms with Crippen molar-refractivity contribution in [1.82, 2.24) is 0 Å². The van der Waals surface area contributed by atoms with Gasteiger partial charge in [-0.3, -0.25) is 0 Å². The third kappa shape index (κ3) is 5.97. The zero-order valence-corrected chi connectivity index (χ0v) is 15.7. The van der Waals surface area contributed by atoms with Crippen LogP contribution in [0, 0.1) is 5.41 Å². The van der Waals surface area contributed by atoms with Crippen molar-refractivity contribution < 1.29 is 14.6 Å². The maximum atomic E-state index is 11.1. The van der Waals surface area contributed by atoms with Gasteiger partial charge >= 0.3 is 5.97 Å². The predicted molar refractivity (Wildman–Crippen MR) is 99.5 cm³/mol. The third-order valence-corrected chi connectivity index (χ3v) is 4.47. The molecule has 0 saturated carbocycles. The third-order valence-electron chi connectivity index (χ3n) is 4.47. The number of carbonyl (C=O) groups excluding carboxylic acids is 1. The van der Waals surface area contributed by atoms with Crippen LogP contribution in [0.4, 0.5) is 0 Å². The highest BCUT2D eigenvalue weighted by atomic mass is 16.5. The molecule has 1 rings (SSSR count). The van der Waals surface area contributed by atoms with Crippen LogP contribution in [-0.2, 0) is 9.53 Å². The van der Waals surface area contributed by atoms with E-state index in [0.717, 1.165) is 29.6 Å². The van der Waals surface area contributed by atoms with Crippen LogP contribution in [0.5, 0.6) is 0 Å². The molecule has 0 aromatic rings. The van der Waals surface area contributed by atoms with Crippen LogP contribution in [0.1, 0.15) is 47.5 Å². The molecule has 1 aliphatic rings. The number of carbonyl (C=O) groups is 1. The average molecular weight is 330 g/mol. The van der Waals surface area contributed by atoms with E-state index in [2.05, 4.69) is 30.7 Å². The summed E-state index contributed by atoms with van der Waals surface area (Å²) in [5.74, 6) is -0.349. The topological polar surface area (TPSA) is 46.5 Å². The van der Waals surface area contributed by atoms with Crippen molar-refractivity contribution in [2.45, 2.75) is 53.6 Å². The maximum Gasteiger partial charge on any atom is 0.330 e. The molecule has 0 amide bonds. The molecule has 1 aliphatic carbocycles. The predicted octanol–water partition coefficient (Wildman–Crippen LogP) is 4.66. The molecule has 1 N–H and O–H groups in total. The Balaban J connectivity index is 2.84.